The highest BCUT2D eigenvalue weighted by Crippen LogP contribution is 2.33. The van der Waals surface area contributed by atoms with E-state index < -0.39 is 46.9 Å². The first kappa shape index (κ1) is 35.3. The summed E-state index contributed by atoms with van der Waals surface area (Å²) in [5, 5.41) is 6.37. The van der Waals surface area contributed by atoms with Crippen LogP contribution in [0.15, 0.2) is 54.9 Å². The lowest BCUT2D eigenvalue weighted by Gasteiger charge is -2.46. The van der Waals surface area contributed by atoms with Gasteiger partial charge in [0.05, 0.1) is 25.0 Å². The van der Waals surface area contributed by atoms with Crippen molar-refractivity contribution < 1.29 is 37.0 Å². The van der Waals surface area contributed by atoms with Crippen LogP contribution in [0.3, 0.4) is 0 Å². The summed E-state index contributed by atoms with van der Waals surface area (Å²) in [6.45, 7) is 4.00. The van der Waals surface area contributed by atoms with E-state index in [1.807, 2.05) is 0 Å². The molecule has 9 nitrogen and oxygen atoms in total. The summed E-state index contributed by atoms with van der Waals surface area (Å²) in [6.07, 6.45) is 3.05. The maximum Gasteiger partial charge on any atom is 0.407 e. The Morgan fingerprint density at radius 2 is 1.77 bits per heavy atom. The van der Waals surface area contributed by atoms with Crippen molar-refractivity contribution in [3.63, 3.8) is 0 Å². The number of ether oxygens (including phenoxy) is 2. The molecule has 3 atom stereocenters. The maximum absolute atomic E-state index is 15.3. The number of rotatable bonds is 10. The van der Waals surface area contributed by atoms with Gasteiger partial charge in [-0.05, 0) is 72.2 Å². The van der Waals surface area contributed by atoms with Crippen LogP contribution in [0.1, 0.15) is 54.4 Å². The second kappa shape index (κ2) is 15.5. The van der Waals surface area contributed by atoms with E-state index in [4.69, 9.17) is 21.1 Å². The zero-order valence-corrected chi connectivity index (χ0v) is 27.5. The van der Waals surface area contributed by atoms with E-state index in [2.05, 4.69) is 15.6 Å². The van der Waals surface area contributed by atoms with Crippen LogP contribution in [0.4, 0.5) is 18.0 Å². The number of hydrogen-bond donors (Lipinski definition) is 2. The number of piperidine rings is 1. The Kier molecular flexibility index (Phi) is 11.4. The van der Waals surface area contributed by atoms with Crippen LogP contribution in [-0.4, -0.2) is 78.7 Å². The number of carbonyl (C=O) groups is 3. The van der Waals surface area contributed by atoms with Gasteiger partial charge in [-0.1, -0.05) is 23.7 Å². The Labute approximate surface area is 282 Å². The predicted octanol–water partition coefficient (Wildman–Crippen LogP) is 5.12. The van der Waals surface area contributed by atoms with E-state index in [1.54, 1.807) is 36.1 Å². The van der Waals surface area contributed by atoms with Gasteiger partial charge in [0.15, 0.2) is 5.78 Å². The van der Waals surface area contributed by atoms with Crippen molar-refractivity contribution >= 4 is 29.4 Å². The molecule has 0 radical (unpaired) electrons. The first-order valence-electron chi connectivity index (χ1n) is 15.8. The fourth-order valence-corrected chi connectivity index (χ4v) is 6.78. The SMILES string of the molecule is COC(=O)N[C@H](C(=O)Cc1cncc(F)c1CC[C@@H]1CNCC2(CCN(C(C)=O)CC2)O1)[C@@H](c1ccc(Cl)cc1)c1cc(F)cc(F)c1. The van der Waals surface area contributed by atoms with Gasteiger partial charge in [0, 0.05) is 62.7 Å². The van der Waals surface area contributed by atoms with Crippen molar-refractivity contribution in [2.45, 2.75) is 62.7 Å². The topological polar surface area (TPSA) is 110 Å². The van der Waals surface area contributed by atoms with Crippen LogP contribution in [0.2, 0.25) is 5.02 Å². The Morgan fingerprint density at radius 1 is 1.08 bits per heavy atom. The van der Waals surface area contributed by atoms with Crippen molar-refractivity contribution in [1.29, 1.82) is 0 Å². The number of aromatic nitrogens is 1. The molecule has 48 heavy (non-hydrogen) atoms. The summed E-state index contributed by atoms with van der Waals surface area (Å²) in [5.74, 6) is -3.91. The minimum Gasteiger partial charge on any atom is -0.453 e. The lowest BCUT2D eigenvalue weighted by atomic mass is 9.81. The van der Waals surface area contributed by atoms with Gasteiger partial charge >= 0.3 is 6.09 Å². The molecule has 0 saturated carbocycles. The number of Topliss-reactive ketones (excluding diaryl/α,β-unsaturated/α-hetero) is 1. The first-order valence-corrected chi connectivity index (χ1v) is 16.2. The Morgan fingerprint density at radius 3 is 2.42 bits per heavy atom. The minimum atomic E-state index is -1.37. The molecule has 1 aromatic heterocycles. The average molecular weight is 687 g/mol. The zero-order valence-electron chi connectivity index (χ0n) is 26.7. The monoisotopic (exact) mass is 686 g/mol. The Hall–Kier alpha value is -4.00. The Bertz CT molecular complexity index is 1610. The molecule has 2 fully saturated rings. The van der Waals surface area contributed by atoms with Crippen LogP contribution < -0.4 is 10.6 Å². The largest absolute Gasteiger partial charge is 0.453 e. The highest BCUT2D eigenvalue weighted by molar-refractivity contribution is 6.30. The number of nitrogens with one attached hydrogen (secondary N) is 2. The number of carbonyl (C=O) groups excluding carboxylic acids is 3. The highest BCUT2D eigenvalue weighted by Gasteiger charge is 2.41. The number of methoxy groups -OCH3 is 1. The molecule has 5 rings (SSSR count). The summed E-state index contributed by atoms with van der Waals surface area (Å²) in [5.41, 5.74) is 0.716. The molecule has 3 aromatic rings. The summed E-state index contributed by atoms with van der Waals surface area (Å²) in [6, 6.07) is 7.83. The van der Waals surface area contributed by atoms with E-state index in [-0.39, 0.29) is 36.0 Å². The third-order valence-corrected chi connectivity index (χ3v) is 9.40. The molecule has 2 N–H and O–H groups in total. The molecule has 256 valence electrons. The molecule has 2 amide bonds. The number of morpholine rings is 1. The van der Waals surface area contributed by atoms with Crippen molar-refractivity contribution in [3.8, 4) is 0 Å². The van der Waals surface area contributed by atoms with Crippen LogP contribution in [-0.2, 0) is 31.9 Å². The third kappa shape index (κ3) is 8.53. The third-order valence-electron chi connectivity index (χ3n) is 9.14. The molecule has 2 aliphatic rings. The van der Waals surface area contributed by atoms with Crippen LogP contribution >= 0.6 is 11.6 Å². The second-order valence-corrected chi connectivity index (χ2v) is 12.8. The molecule has 13 heteroatoms. The molecule has 2 aliphatic heterocycles. The standard InChI is InChI=1S/C35H38ClF3N4O5/c1-21(44)43-11-9-35(10-12-43)20-41-18-28(48-35)7-8-29-24(17-40-19-30(29)39)15-31(45)33(42-34(46)47-2)32(22-3-5-25(36)6-4-22)23-13-26(37)16-27(38)14-23/h3-6,13-14,16-17,19,28,32-33,41H,7-12,15,18,20H2,1-2H3,(H,42,46)/t28-,32+,33-/m1/s1. The second-order valence-electron chi connectivity index (χ2n) is 12.3. The zero-order chi connectivity index (χ0) is 34.4. The number of pyridine rings is 1. The Balaban J connectivity index is 1.39. The number of alkyl carbamates (subject to hydrolysis) is 1. The summed E-state index contributed by atoms with van der Waals surface area (Å²) < 4.78 is 55.6. The lowest BCUT2D eigenvalue weighted by molar-refractivity contribution is -0.153. The van der Waals surface area contributed by atoms with Gasteiger partial charge in [-0.15, -0.1) is 0 Å². The molecule has 0 aliphatic carbocycles. The van der Waals surface area contributed by atoms with Gasteiger partial charge in [0.2, 0.25) is 5.91 Å². The minimum absolute atomic E-state index is 0.0343. The van der Waals surface area contributed by atoms with Gasteiger partial charge in [0.1, 0.15) is 23.5 Å². The normalized spacial score (nSPS) is 18.6. The summed E-state index contributed by atoms with van der Waals surface area (Å²) in [4.78, 5) is 44.3. The van der Waals surface area contributed by atoms with Gasteiger partial charge < -0.3 is 25.0 Å². The van der Waals surface area contributed by atoms with E-state index in [0.29, 0.717) is 67.7 Å². The fourth-order valence-electron chi connectivity index (χ4n) is 6.66. The van der Waals surface area contributed by atoms with Crippen LogP contribution in [0, 0.1) is 17.5 Å². The van der Waals surface area contributed by atoms with Crippen molar-refractivity contribution in [2.75, 3.05) is 33.3 Å². The quantitative estimate of drug-likeness (QED) is 0.305. The average Bonchev–Trinajstić information content (AvgIpc) is 3.04. The number of halogens is 4. The van der Waals surface area contributed by atoms with Crippen molar-refractivity contribution in [2.24, 2.45) is 0 Å². The van der Waals surface area contributed by atoms with E-state index in [0.717, 1.165) is 25.4 Å². The number of hydrogen-bond acceptors (Lipinski definition) is 7. The lowest BCUT2D eigenvalue weighted by Crippen LogP contribution is -2.58. The summed E-state index contributed by atoms with van der Waals surface area (Å²) >= 11 is 6.10. The predicted molar refractivity (Wildman–Crippen MR) is 172 cm³/mol. The van der Waals surface area contributed by atoms with Gasteiger partial charge in [-0.2, -0.15) is 0 Å². The molecular weight excluding hydrogens is 649 g/mol. The van der Waals surface area contributed by atoms with Gasteiger partial charge in [-0.25, -0.2) is 18.0 Å². The molecule has 2 aromatic carbocycles. The summed E-state index contributed by atoms with van der Waals surface area (Å²) in [7, 11) is 1.13. The number of likely N-dealkylation sites (tertiary alicyclic amines) is 1. The molecule has 1 spiro atoms. The number of ketones is 1. The number of nitrogens with zero attached hydrogens (tertiary/aromatic N) is 2. The number of amides is 2. The van der Waals surface area contributed by atoms with Gasteiger partial charge in [0.25, 0.3) is 0 Å². The number of benzene rings is 2. The van der Waals surface area contributed by atoms with E-state index >= 15 is 4.39 Å². The molecular formula is C35H38ClF3N4O5. The van der Waals surface area contributed by atoms with Gasteiger partial charge in [-0.3, -0.25) is 14.6 Å². The van der Waals surface area contributed by atoms with E-state index in [9.17, 15) is 23.2 Å². The van der Waals surface area contributed by atoms with Crippen LogP contribution in [0.25, 0.3) is 0 Å². The highest BCUT2D eigenvalue weighted by atomic mass is 35.5. The maximum atomic E-state index is 15.3. The van der Waals surface area contributed by atoms with Crippen LogP contribution in [0.5, 0.6) is 0 Å². The first-order chi connectivity index (χ1) is 23.0. The molecule has 0 bridgehead atoms. The molecule has 0 unspecified atom stereocenters. The fraction of sp³-hybridized carbons (Fsp3) is 0.429. The molecule has 3 heterocycles. The molecule has 2 saturated heterocycles. The van der Waals surface area contributed by atoms with Crippen molar-refractivity contribution in [3.05, 3.63) is 99.6 Å². The van der Waals surface area contributed by atoms with E-state index in [1.165, 1.54) is 6.20 Å². The smallest absolute Gasteiger partial charge is 0.407 e. The van der Waals surface area contributed by atoms with Crippen molar-refractivity contribution in [1.82, 2.24) is 20.5 Å².